The number of hydrogen-bond acceptors (Lipinski definition) is 3. The smallest absolute Gasteiger partial charge is 0.0753 e. The van der Waals surface area contributed by atoms with E-state index in [9.17, 15) is 0 Å². The van der Waals surface area contributed by atoms with Gasteiger partial charge in [-0.3, -0.25) is 9.97 Å². The van der Waals surface area contributed by atoms with Crippen LogP contribution in [0.5, 0.6) is 0 Å². The zero-order valence-corrected chi connectivity index (χ0v) is 13.4. The predicted molar refractivity (Wildman–Crippen MR) is 87.0 cm³/mol. The first-order valence-corrected chi connectivity index (χ1v) is 7.67. The summed E-state index contributed by atoms with van der Waals surface area (Å²) in [6.45, 7) is 8.80. The first kappa shape index (κ1) is 15.6. The monoisotopic (exact) mass is 283 g/mol. The third-order valence-electron chi connectivity index (χ3n) is 3.65. The van der Waals surface area contributed by atoms with E-state index in [4.69, 9.17) is 0 Å². The van der Waals surface area contributed by atoms with Gasteiger partial charge < -0.3 is 5.32 Å². The second-order valence-corrected chi connectivity index (χ2v) is 6.08. The van der Waals surface area contributed by atoms with Crippen molar-refractivity contribution in [2.24, 2.45) is 5.92 Å². The molecule has 2 aromatic rings. The van der Waals surface area contributed by atoms with Gasteiger partial charge in [-0.05, 0) is 37.3 Å². The van der Waals surface area contributed by atoms with Crippen molar-refractivity contribution in [3.63, 3.8) is 0 Å². The third kappa shape index (κ3) is 4.64. The van der Waals surface area contributed by atoms with E-state index in [1.165, 1.54) is 11.1 Å². The largest absolute Gasteiger partial charge is 0.302 e. The van der Waals surface area contributed by atoms with E-state index in [2.05, 4.69) is 67.2 Å². The van der Waals surface area contributed by atoms with E-state index in [0.717, 1.165) is 12.1 Å². The summed E-state index contributed by atoms with van der Waals surface area (Å²) in [6.07, 6.45) is 6.39. The molecule has 0 radical (unpaired) electrons. The molecule has 3 heteroatoms. The van der Waals surface area contributed by atoms with Crippen LogP contribution in [0.2, 0.25) is 0 Å². The maximum Gasteiger partial charge on any atom is 0.0753 e. The molecule has 21 heavy (non-hydrogen) atoms. The Balaban J connectivity index is 1.98. The molecular weight excluding hydrogens is 258 g/mol. The molecule has 1 aromatic heterocycles. The van der Waals surface area contributed by atoms with Crippen molar-refractivity contribution < 1.29 is 0 Å². The van der Waals surface area contributed by atoms with Crippen molar-refractivity contribution >= 4 is 0 Å². The van der Waals surface area contributed by atoms with Gasteiger partial charge >= 0.3 is 0 Å². The quantitative estimate of drug-likeness (QED) is 0.867. The lowest BCUT2D eigenvalue weighted by atomic mass is 9.99. The normalized spacial score (nSPS) is 14.1. The molecule has 2 unspecified atom stereocenters. The van der Waals surface area contributed by atoms with Crippen LogP contribution in [0.25, 0.3) is 0 Å². The molecule has 1 N–H and O–H groups in total. The number of nitrogens with zero attached hydrogens (tertiary/aromatic N) is 2. The van der Waals surface area contributed by atoms with E-state index >= 15 is 0 Å². The van der Waals surface area contributed by atoms with Gasteiger partial charge in [0.15, 0.2) is 0 Å². The predicted octanol–water partition coefficient (Wildman–Crippen LogP) is 4.09. The molecule has 1 aromatic carbocycles. The summed E-state index contributed by atoms with van der Waals surface area (Å²) in [5, 5.41) is 3.57. The number of hydrogen-bond donors (Lipinski definition) is 1. The molecule has 0 aliphatic carbocycles. The maximum absolute atomic E-state index is 4.35. The van der Waals surface area contributed by atoms with E-state index < -0.39 is 0 Å². The molecule has 0 bridgehead atoms. The highest BCUT2D eigenvalue weighted by Crippen LogP contribution is 2.19. The Morgan fingerprint density at radius 1 is 0.952 bits per heavy atom. The SMILES string of the molecule is CC(C)Cc1ccc(C(C)NC(C)c2cnccn2)cc1. The number of benzene rings is 1. The van der Waals surface area contributed by atoms with Crippen molar-refractivity contribution in [3.05, 3.63) is 59.7 Å². The highest BCUT2D eigenvalue weighted by atomic mass is 15.0. The minimum atomic E-state index is 0.184. The van der Waals surface area contributed by atoms with Gasteiger partial charge in [0.05, 0.1) is 5.69 Å². The lowest BCUT2D eigenvalue weighted by Gasteiger charge is -2.20. The van der Waals surface area contributed by atoms with Crippen molar-refractivity contribution in [2.45, 2.75) is 46.2 Å². The van der Waals surface area contributed by atoms with Gasteiger partial charge in [0.2, 0.25) is 0 Å². The fourth-order valence-corrected chi connectivity index (χ4v) is 2.50. The Hall–Kier alpha value is -1.74. The molecule has 0 saturated heterocycles. The summed E-state index contributed by atoms with van der Waals surface area (Å²) in [5.74, 6) is 0.697. The van der Waals surface area contributed by atoms with Gasteiger partial charge in [0, 0.05) is 30.7 Å². The molecule has 0 fully saturated rings. The van der Waals surface area contributed by atoms with Crippen LogP contribution < -0.4 is 5.32 Å². The maximum atomic E-state index is 4.35. The minimum Gasteiger partial charge on any atom is -0.302 e. The molecule has 2 atom stereocenters. The lowest BCUT2D eigenvalue weighted by Crippen LogP contribution is -2.23. The van der Waals surface area contributed by atoms with Crippen LogP contribution in [0.1, 0.15) is 56.6 Å². The number of aromatic nitrogens is 2. The first-order chi connectivity index (χ1) is 10.1. The second-order valence-electron chi connectivity index (χ2n) is 6.08. The molecule has 0 aliphatic rings. The summed E-state index contributed by atoms with van der Waals surface area (Å²) >= 11 is 0. The standard InChI is InChI=1S/C18H25N3/c1-13(2)11-16-5-7-17(8-6-16)14(3)21-15(4)18-12-19-9-10-20-18/h5-10,12-15,21H,11H2,1-4H3. The number of nitrogens with one attached hydrogen (secondary N) is 1. The van der Waals surface area contributed by atoms with Crippen LogP contribution in [0.4, 0.5) is 0 Å². The fraction of sp³-hybridized carbons (Fsp3) is 0.444. The zero-order valence-electron chi connectivity index (χ0n) is 13.4. The van der Waals surface area contributed by atoms with Crippen molar-refractivity contribution in [1.29, 1.82) is 0 Å². The lowest BCUT2D eigenvalue weighted by molar-refractivity contribution is 0.485. The summed E-state index contributed by atoms with van der Waals surface area (Å²) in [7, 11) is 0. The highest BCUT2D eigenvalue weighted by Gasteiger charge is 2.12. The Labute approximate surface area is 127 Å². The van der Waals surface area contributed by atoms with Crippen LogP contribution in [-0.4, -0.2) is 9.97 Å². The van der Waals surface area contributed by atoms with Gasteiger partial charge in [-0.25, -0.2) is 0 Å². The fourth-order valence-electron chi connectivity index (χ4n) is 2.50. The van der Waals surface area contributed by atoms with Gasteiger partial charge in [-0.15, -0.1) is 0 Å². The Morgan fingerprint density at radius 3 is 2.24 bits per heavy atom. The number of rotatable bonds is 6. The second kappa shape index (κ2) is 7.32. The molecule has 2 rings (SSSR count). The molecule has 0 saturated carbocycles. The van der Waals surface area contributed by atoms with E-state index in [0.29, 0.717) is 5.92 Å². The van der Waals surface area contributed by atoms with Gasteiger partial charge in [-0.2, -0.15) is 0 Å². The molecular formula is C18H25N3. The van der Waals surface area contributed by atoms with E-state index in [-0.39, 0.29) is 12.1 Å². The Morgan fingerprint density at radius 2 is 1.67 bits per heavy atom. The highest BCUT2D eigenvalue weighted by molar-refractivity contribution is 5.25. The summed E-state index contributed by atoms with van der Waals surface area (Å²) in [5.41, 5.74) is 3.68. The van der Waals surface area contributed by atoms with Crippen LogP contribution >= 0.6 is 0 Å². The van der Waals surface area contributed by atoms with Crippen LogP contribution in [0.3, 0.4) is 0 Å². The third-order valence-corrected chi connectivity index (χ3v) is 3.65. The van der Waals surface area contributed by atoms with Crippen molar-refractivity contribution in [3.8, 4) is 0 Å². The van der Waals surface area contributed by atoms with Crippen LogP contribution in [-0.2, 0) is 6.42 Å². The molecule has 0 amide bonds. The van der Waals surface area contributed by atoms with E-state index in [1.807, 2.05) is 6.20 Å². The molecule has 0 spiro atoms. The van der Waals surface area contributed by atoms with Gasteiger partial charge in [-0.1, -0.05) is 38.1 Å². The summed E-state index contributed by atoms with van der Waals surface area (Å²) in [4.78, 5) is 8.47. The van der Waals surface area contributed by atoms with Gasteiger partial charge in [0.1, 0.15) is 0 Å². The van der Waals surface area contributed by atoms with Crippen molar-refractivity contribution in [1.82, 2.24) is 15.3 Å². The molecule has 112 valence electrons. The first-order valence-electron chi connectivity index (χ1n) is 7.67. The Bertz CT molecular complexity index is 534. The molecule has 0 aliphatic heterocycles. The summed E-state index contributed by atoms with van der Waals surface area (Å²) < 4.78 is 0. The topological polar surface area (TPSA) is 37.8 Å². The van der Waals surface area contributed by atoms with Crippen molar-refractivity contribution in [2.75, 3.05) is 0 Å². The van der Waals surface area contributed by atoms with E-state index in [1.54, 1.807) is 12.4 Å². The average Bonchev–Trinajstić information content (AvgIpc) is 2.48. The average molecular weight is 283 g/mol. The van der Waals surface area contributed by atoms with Gasteiger partial charge in [0.25, 0.3) is 0 Å². The summed E-state index contributed by atoms with van der Waals surface area (Å²) in [6, 6.07) is 9.39. The van der Waals surface area contributed by atoms with Crippen LogP contribution in [0, 0.1) is 5.92 Å². The molecule has 3 nitrogen and oxygen atoms in total. The molecule has 1 heterocycles. The Kier molecular flexibility index (Phi) is 5.45. The van der Waals surface area contributed by atoms with Crippen LogP contribution in [0.15, 0.2) is 42.9 Å². The minimum absolute atomic E-state index is 0.184. The zero-order chi connectivity index (χ0) is 15.2.